The molecular weight excluding hydrogens is 520 g/mol. The van der Waals surface area contributed by atoms with Gasteiger partial charge in [-0.05, 0) is 77.9 Å². The summed E-state index contributed by atoms with van der Waals surface area (Å²) in [6, 6.07) is 9.06. The second-order valence-electron chi connectivity index (χ2n) is 5.75. The summed E-state index contributed by atoms with van der Waals surface area (Å²) in [5, 5.41) is 12.1. The molecule has 3 aromatic rings. The van der Waals surface area contributed by atoms with Gasteiger partial charge in [-0.1, -0.05) is 35.0 Å². The number of hydrogen-bond acceptors (Lipinski definition) is 5. The number of thioether (sulfide) groups is 1. The largest absolute Gasteiger partial charge is 0.411 e. The molecule has 0 unspecified atom stereocenters. The SMILES string of the molecule is Cc1cc(I)cc(C)c1NC(=O)CSc1nnc(-c2ccc(Cl)cc2Cl)o1. The van der Waals surface area contributed by atoms with Crippen molar-refractivity contribution in [2.45, 2.75) is 19.1 Å². The van der Waals surface area contributed by atoms with Crippen LogP contribution in [0.5, 0.6) is 0 Å². The second-order valence-corrected chi connectivity index (χ2v) is 8.76. The number of carbonyl (C=O) groups excluding carboxylic acids is 1. The summed E-state index contributed by atoms with van der Waals surface area (Å²) < 4.78 is 6.72. The topological polar surface area (TPSA) is 68.0 Å². The fourth-order valence-corrected chi connectivity index (χ4v) is 4.44. The molecule has 0 atom stereocenters. The van der Waals surface area contributed by atoms with Crippen molar-refractivity contribution in [3.05, 3.63) is 55.1 Å². The van der Waals surface area contributed by atoms with Gasteiger partial charge in [0.1, 0.15) is 0 Å². The number of nitrogens with zero attached hydrogens (tertiary/aromatic N) is 2. The Labute approximate surface area is 184 Å². The normalized spacial score (nSPS) is 10.9. The lowest BCUT2D eigenvalue weighted by atomic mass is 10.1. The van der Waals surface area contributed by atoms with Gasteiger partial charge in [-0.25, -0.2) is 0 Å². The summed E-state index contributed by atoms with van der Waals surface area (Å²) in [5.74, 6) is 0.293. The monoisotopic (exact) mass is 533 g/mol. The lowest BCUT2D eigenvalue weighted by molar-refractivity contribution is -0.113. The van der Waals surface area contributed by atoms with Crippen molar-refractivity contribution < 1.29 is 9.21 Å². The van der Waals surface area contributed by atoms with Crippen LogP contribution in [-0.4, -0.2) is 21.9 Å². The minimum atomic E-state index is -0.142. The average Bonchev–Trinajstić information content (AvgIpc) is 3.05. The molecule has 1 aromatic heterocycles. The predicted octanol–water partition coefficient (Wildman–Crippen LogP) is 6.00. The molecule has 0 spiro atoms. The van der Waals surface area contributed by atoms with Gasteiger partial charge in [0.25, 0.3) is 5.22 Å². The Balaban J connectivity index is 1.64. The molecular formula is C18H14Cl2IN3O2S. The minimum absolute atomic E-state index is 0.142. The molecule has 0 aliphatic rings. The average molecular weight is 534 g/mol. The van der Waals surface area contributed by atoms with Crippen LogP contribution in [0.15, 0.2) is 40.0 Å². The number of benzene rings is 2. The van der Waals surface area contributed by atoms with Gasteiger partial charge in [-0.3, -0.25) is 4.79 Å². The number of aromatic nitrogens is 2. The van der Waals surface area contributed by atoms with Gasteiger partial charge in [0.15, 0.2) is 0 Å². The highest BCUT2D eigenvalue weighted by Crippen LogP contribution is 2.31. The molecule has 3 rings (SSSR count). The molecule has 2 aromatic carbocycles. The Morgan fingerprint density at radius 1 is 1.19 bits per heavy atom. The highest BCUT2D eigenvalue weighted by Gasteiger charge is 2.15. The number of hydrogen-bond donors (Lipinski definition) is 1. The molecule has 0 saturated heterocycles. The van der Waals surface area contributed by atoms with E-state index in [2.05, 4.69) is 38.1 Å². The van der Waals surface area contributed by atoms with Crippen LogP contribution in [0, 0.1) is 17.4 Å². The molecule has 27 heavy (non-hydrogen) atoms. The Bertz CT molecular complexity index is 987. The van der Waals surface area contributed by atoms with Crippen LogP contribution in [0.3, 0.4) is 0 Å². The predicted molar refractivity (Wildman–Crippen MR) is 118 cm³/mol. The van der Waals surface area contributed by atoms with E-state index in [1.807, 2.05) is 26.0 Å². The number of rotatable bonds is 5. The quantitative estimate of drug-likeness (QED) is 0.322. The van der Waals surface area contributed by atoms with E-state index >= 15 is 0 Å². The summed E-state index contributed by atoms with van der Waals surface area (Å²) in [6.45, 7) is 3.94. The zero-order valence-corrected chi connectivity index (χ0v) is 18.8. The number of carbonyl (C=O) groups is 1. The second kappa shape index (κ2) is 8.81. The van der Waals surface area contributed by atoms with Gasteiger partial charge in [-0.15, -0.1) is 10.2 Å². The molecule has 9 heteroatoms. The van der Waals surface area contributed by atoms with Crippen molar-refractivity contribution in [2.24, 2.45) is 0 Å². The van der Waals surface area contributed by atoms with Crippen LogP contribution in [0.4, 0.5) is 5.69 Å². The zero-order chi connectivity index (χ0) is 19.6. The van der Waals surface area contributed by atoms with Crippen molar-refractivity contribution >= 4 is 69.1 Å². The smallest absolute Gasteiger partial charge is 0.277 e. The van der Waals surface area contributed by atoms with E-state index in [0.717, 1.165) is 32.1 Å². The van der Waals surface area contributed by atoms with E-state index in [-0.39, 0.29) is 17.6 Å². The van der Waals surface area contributed by atoms with Crippen molar-refractivity contribution in [1.82, 2.24) is 10.2 Å². The van der Waals surface area contributed by atoms with Crippen LogP contribution in [0.2, 0.25) is 10.0 Å². The van der Waals surface area contributed by atoms with E-state index in [1.54, 1.807) is 18.2 Å². The van der Waals surface area contributed by atoms with Gasteiger partial charge in [-0.2, -0.15) is 0 Å². The first-order valence-electron chi connectivity index (χ1n) is 7.82. The van der Waals surface area contributed by atoms with Crippen molar-refractivity contribution in [2.75, 3.05) is 11.1 Å². The van der Waals surface area contributed by atoms with E-state index in [1.165, 1.54) is 0 Å². The third-order valence-electron chi connectivity index (χ3n) is 3.66. The summed E-state index contributed by atoms with van der Waals surface area (Å²) in [5.41, 5.74) is 3.47. The minimum Gasteiger partial charge on any atom is -0.411 e. The molecule has 1 amide bonds. The number of nitrogens with one attached hydrogen (secondary N) is 1. The lowest BCUT2D eigenvalue weighted by Crippen LogP contribution is -2.16. The summed E-state index contributed by atoms with van der Waals surface area (Å²) in [4.78, 5) is 12.3. The van der Waals surface area contributed by atoms with E-state index in [4.69, 9.17) is 27.6 Å². The van der Waals surface area contributed by atoms with E-state index in [9.17, 15) is 4.79 Å². The van der Waals surface area contributed by atoms with Gasteiger partial charge >= 0.3 is 0 Å². The number of aryl methyl sites for hydroxylation is 2. The molecule has 0 fully saturated rings. The van der Waals surface area contributed by atoms with E-state index in [0.29, 0.717) is 20.8 Å². The van der Waals surface area contributed by atoms with Crippen molar-refractivity contribution in [3.8, 4) is 11.5 Å². The van der Waals surface area contributed by atoms with Gasteiger partial charge < -0.3 is 9.73 Å². The number of amides is 1. The molecule has 1 heterocycles. The van der Waals surface area contributed by atoms with Crippen LogP contribution >= 0.6 is 57.6 Å². The third-order valence-corrected chi connectivity index (χ3v) is 5.65. The third kappa shape index (κ3) is 5.16. The fourth-order valence-electron chi connectivity index (χ4n) is 2.45. The number of anilines is 1. The Morgan fingerprint density at radius 3 is 2.56 bits per heavy atom. The van der Waals surface area contributed by atoms with E-state index < -0.39 is 0 Å². The summed E-state index contributed by atoms with van der Waals surface area (Å²) in [7, 11) is 0. The van der Waals surface area contributed by atoms with Gasteiger partial charge in [0.2, 0.25) is 11.8 Å². The first-order chi connectivity index (χ1) is 12.8. The van der Waals surface area contributed by atoms with Crippen molar-refractivity contribution in [3.63, 3.8) is 0 Å². The lowest BCUT2D eigenvalue weighted by Gasteiger charge is -2.11. The first-order valence-corrected chi connectivity index (χ1v) is 10.6. The molecule has 0 aliphatic heterocycles. The highest BCUT2D eigenvalue weighted by molar-refractivity contribution is 14.1. The molecule has 0 saturated carbocycles. The molecule has 0 radical (unpaired) electrons. The Hall–Kier alpha value is -1.29. The Kier molecular flexibility index (Phi) is 6.67. The molecule has 0 aliphatic carbocycles. The fraction of sp³-hybridized carbons (Fsp3) is 0.167. The maximum atomic E-state index is 12.3. The molecule has 0 bridgehead atoms. The summed E-state index contributed by atoms with van der Waals surface area (Å²) in [6.07, 6.45) is 0. The van der Waals surface area contributed by atoms with Crippen molar-refractivity contribution in [1.29, 1.82) is 0 Å². The molecule has 1 N–H and O–H groups in total. The number of halogens is 3. The Morgan fingerprint density at radius 2 is 1.89 bits per heavy atom. The zero-order valence-electron chi connectivity index (χ0n) is 14.3. The maximum Gasteiger partial charge on any atom is 0.277 e. The first kappa shape index (κ1) is 20.4. The highest BCUT2D eigenvalue weighted by atomic mass is 127. The van der Waals surface area contributed by atoms with Crippen LogP contribution in [0.25, 0.3) is 11.5 Å². The molecule has 5 nitrogen and oxygen atoms in total. The van der Waals surface area contributed by atoms with Crippen LogP contribution < -0.4 is 5.32 Å². The van der Waals surface area contributed by atoms with Gasteiger partial charge in [0.05, 0.1) is 16.3 Å². The standard InChI is InChI=1S/C18H14Cl2IN3O2S/c1-9-5-12(21)6-10(2)16(9)22-15(25)8-27-18-24-23-17(26-18)13-4-3-11(19)7-14(13)20/h3-7H,8H2,1-2H3,(H,22,25). The maximum absolute atomic E-state index is 12.3. The summed E-state index contributed by atoms with van der Waals surface area (Å²) >= 11 is 15.5. The molecule has 140 valence electrons. The van der Waals surface area contributed by atoms with Crippen LogP contribution in [0.1, 0.15) is 11.1 Å². The van der Waals surface area contributed by atoms with Crippen LogP contribution in [-0.2, 0) is 4.79 Å². The van der Waals surface area contributed by atoms with Gasteiger partial charge in [0, 0.05) is 14.3 Å².